The van der Waals surface area contributed by atoms with Gasteiger partial charge in [-0.2, -0.15) is 0 Å². The number of aromatic nitrogens is 2. The molecule has 1 aromatic carbocycles. The van der Waals surface area contributed by atoms with Crippen molar-refractivity contribution in [2.24, 2.45) is 11.8 Å². The van der Waals surface area contributed by atoms with Gasteiger partial charge in [0.05, 0.1) is 12.3 Å². The van der Waals surface area contributed by atoms with Crippen molar-refractivity contribution in [1.29, 1.82) is 0 Å². The number of hydrogen-bond donors (Lipinski definition) is 1. The van der Waals surface area contributed by atoms with E-state index in [1.807, 2.05) is 51.1 Å². The fourth-order valence-corrected chi connectivity index (χ4v) is 4.60. The summed E-state index contributed by atoms with van der Waals surface area (Å²) in [5, 5.41) is 6.67. The first kappa shape index (κ1) is 27.4. The SMILES string of the molecule is CC(C)C1CCC(Oc2ccc(C(=O)Cc3ccc(N(C)C(=O)Nc4cc(C(C)(C)C)on4)cc3)nc2)C1. The number of ketones is 1. The van der Waals surface area contributed by atoms with Gasteiger partial charge in [0, 0.05) is 30.6 Å². The van der Waals surface area contributed by atoms with Crippen molar-refractivity contribution in [2.75, 3.05) is 17.3 Å². The first-order valence-electron chi connectivity index (χ1n) is 13.3. The summed E-state index contributed by atoms with van der Waals surface area (Å²) in [4.78, 5) is 31.3. The molecule has 1 N–H and O–H groups in total. The molecule has 2 aromatic heterocycles. The van der Waals surface area contributed by atoms with Crippen molar-refractivity contribution in [3.8, 4) is 5.75 Å². The van der Waals surface area contributed by atoms with Crippen LogP contribution in [0.15, 0.2) is 53.2 Å². The smallest absolute Gasteiger partial charge is 0.327 e. The maximum atomic E-state index is 12.8. The number of Topliss-reactive ketones (excluding diaryl/α,β-unsaturated/α-hetero) is 1. The van der Waals surface area contributed by atoms with E-state index in [0.29, 0.717) is 40.5 Å². The molecule has 0 spiro atoms. The zero-order valence-electron chi connectivity index (χ0n) is 23.2. The molecule has 2 heterocycles. The first-order valence-corrected chi connectivity index (χ1v) is 13.3. The lowest BCUT2D eigenvalue weighted by atomic mass is 9.93. The van der Waals surface area contributed by atoms with Crippen LogP contribution in [0.25, 0.3) is 0 Å². The third-order valence-electron chi connectivity index (χ3n) is 7.17. The topological polar surface area (TPSA) is 97.6 Å². The number of benzene rings is 1. The van der Waals surface area contributed by atoms with E-state index in [-0.39, 0.29) is 29.8 Å². The molecule has 38 heavy (non-hydrogen) atoms. The van der Waals surface area contributed by atoms with Gasteiger partial charge in [-0.15, -0.1) is 0 Å². The summed E-state index contributed by atoms with van der Waals surface area (Å²) in [5.74, 6) is 3.08. The fourth-order valence-electron chi connectivity index (χ4n) is 4.60. The molecule has 202 valence electrons. The van der Waals surface area contributed by atoms with Gasteiger partial charge in [-0.05, 0) is 60.9 Å². The van der Waals surface area contributed by atoms with Gasteiger partial charge in [0.15, 0.2) is 11.6 Å². The molecule has 0 aliphatic heterocycles. The Morgan fingerprint density at radius 1 is 1.13 bits per heavy atom. The summed E-state index contributed by atoms with van der Waals surface area (Å²) in [7, 11) is 1.67. The van der Waals surface area contributed by atoms with E-state index >= 15 is 0 Å². The summed E-state index contributed by atoms with van der Waals surface area (Å²) < 4.78 is 11.4. The number of ether oxygens (including phenoxy) is 1. The minimum absolute atomic E-state index is 0.0724. The Morgan fingerprint density at radius 3 is 2.45 bits per heavy atom. The number of hydrogen-bond acceptors (Lipinski definition) is 6. The first-order chi connectivity index (χ1) is 18.0. The summed E-state index contributed by atoms with van der Waals surface area (Å²) in [6.45, 7) is 10.6. The number of carbonyl (C=O) groups excluding carboxylic acids is 2. The van der Waals surface area contributed by atoms with Crippen molar-refractivity contribution in [1.82, 2.24) is 10.1 Å². The van der Waals surface area contributed by atoms with E-state index in [1.165, 1.54) is 11.3 Å². The molecule has 2 amide bonds. The van der Waals surface area contributed by atoms with Crippen LogP contribution in [0.5, 0.6) is 5.75 Å². The number of urea groups is 1. The second-order valence-electron chi connectivity index (χ2n) is 11.5. The van der Waals surface area contributed by atoms with Gasteiger partial charge in [0.1, 0.15) is 17.2 Å². The highest BCUT2D eigenvalue weighted by Crippen LogP contribution is 2.33. The summed E-state index contributed by atoms with van der Waals surface area (Å²) in [6.07, 6.45) is 5.42. The van der Waals surface area contributed by atoms with Crippen LogP contribution in [0.3, 0.4) is 0 Å². The van der Waals surface area contributed by atoms with E-state index < -0.39 is 0 Å². The van der Waals surface area contributed by atoms with Crippen molar-refractivity contribution in [2.45, 2.75) is 71.8 Å². The highest BCUT2D eigenvalue weighted by atomic mass is 16.5. The Morgan fingerprint density at radius 2 is 1.87 bits per heavy atom. The van der Waals surface area contributed by atoms with Crippen LogP contribution in [-0.2, 0) is 11.8 Å². The molecule has 8 nitrogen and oxygen atoms in total. The highest BCUT2D eigenvalue weighted by Gasteiger charge is 2.28. The quantitative estimate of drug-likeness (QED) is 0.335. The molecule has 0 bridgehead atoms. The average Bonchev–Trinajstić information content (AvgIpc) is 3.54. The van der Waals surface area contributed by atoms with Crippen LogP contribution in [0.1, 0.15) is 75.7 Å². The van der Waals surface area contributed by atoms with Crippen LogP contribution in [-0.4, -0.2) is 35.1 Å². The zero-order chi connectivity index (χ0) is 27.4. The van der Waals surface area contributed by atoms with Crippen molar-refractivity contribution in [3.63, 3.8) is 0 Å². The number of amides is 2. The van der Waals surface area contributed by atoms with Crippen LogP contribution >= 0.6 is 0 Å². The number of carbonyl (C=O) groups is 2. The van der Waals surface area contributed by atoms with Crippen LogP contribution in [0, 0.1) is 11.8 Å². The van der Waals surface area contributed by atoms with Gasteiger partial charge in [0.25, 0.3) is 0 Å². The van der Waals surface area contributed by atoms with E-state index in [0.717, 1.165) is 18.4 Å². The van der Waals surface area contributed by atoms with E-state index in [4.69, 9.17) is 9.26 Å². The molecule has 8 heteroatoms. The Bertz CT molecular complexity index is 1240. The molecule has 2 atom stereocenters. The largest absolute Gasteiger partial charge is 0.489 e. The maximum Gasteiger partial charge on any atom is 0.327 e. The summed E-state index contributed by atoms with van der Waals surface area (Å²) in [6, 6.07) is 12.2. The van der Waals surface area contributed by atoms with Gasteiger partial charge >= 0.3 is 6.03 Å². The molecule has 2 unspecified atom stereocenters. The van der Waals surface area contributed by atoms with Gasteiger partial charge < -0.3 is 9.26 Å². The van der Waals surface area contributed by atoms with Crippen LogP contribution in [0.2, 0.25) is 0 Å². The van der Waals surface area contributed by atoms with E-state index in [9.17, 15) is 9.59 Å². The normalized spacial score (nSPS) is 17.4. The Labute approximate surface area is 224 Å². The maximum absolute atomic E-state index is 12.8. The lowest BCUT2D eigenvalue weighted by Gasteiger charge is -2.17. The Hall–Kier alpha value is -3.68. The number of nitrogens with zero attached hydrogens (tertiary/aromatic N) is 3. The van der Waals surface area contributed by atoms with Gasteiger partial charge in [-0.25, -0.2) is 9.78 Å². The average molecular weight is 519 g/mol. The minimum atomic E-state index is -0.341. The predicted octanol–water partition coefficient (Wildman–Crippen LogP) is 6.66. The summed E-state index contributed by atoms with van der Waals surface area (Å²) >= 11 is 0. The van der Waals surface area contributed by atoms with E-state index in [1.54, 1.807) is 25.4 Å². The molecule has 1 aliphatic carbocycles. The van der Waals surface area contributed by atoms with E-state index in [2.05, 4.69) is 29.3 Å². The third-order valence-corrected chi connectivity index (χ3v) is 7.17. The molecule has 1 fully saturated rings. The molecule has 1 aliphatic rings. The molecular formula is C30H38N4O4. The second-order valence-corrected chi connectivity index (χ2v) is 11.5. The lowest BCUT2D eigenvalue weighted by Crippen LogP contribution is -2.31. The second kappa shape index (κ2) is 11.4. The number of nitrogens with one attached hydrogen (secondary N) is 1. The number of rotatable bonds is 8. The fraction of sp³-hybridized carbons (Fsp3) is 0.467. The number of anilines is 2. The standard InChI is InChI=1S/C30H38N4O4/c1-19(2)21-9-12-23(16-21)37-24-13-14-25(31-18-24)26(35)15-20-7-10-22(11-8-20)34(6)29(36)32-28-17-27(38-33-28)30(3,4)5/h7-8,10-11,13-14,17-19,21,23H,9,12,15-16H2,1-6H3,(H,32,33,36). The van der Waals surface area contributed by atoms with Gasteiger partial charge in [0.2, 0.25) is 0 Å². The predicted molar refractivity (Wildman–Crippen MR) is 148 cm³/mol. The minimum Gasteiger partial charge on any atom is -0.489 e. The Balaban J connectivity index is 1.29. The summed E-state index contributed by atoms with van der Waals surface area (Å²) in [5.41, 5.74) is 1.73. The van der Waals surface area contributed by atoms with Crippen molar-refractivity contribution in [3.05, 3.63) is 65.7 Å². The van der Waals surface area contributed by atoms with Crippen molar-refractivity contribution >= 4 is 23.3 Å². The monoisotopic (exact) mass is 518 g/mol. The molecule has 1 saturated carbocycles. The van der Waals surface area contributed by atoms with Gasteiger partial charge in [-0.1, -0.05) is 51.9 Å². The van der Waals surface area contributed by atoms with Gasteiger partial charge in [-0.3, -0.25) is 15.0 Å². The molecule has 0 radical (unpaired) electrons. The molecular weight excluding hydrogens is 480 g/mol. The highest BCUT2D eigenvalue weighted by molar-refractivity contribution is 6.01. The zero-order valence-corrected chi connectivity index (χ0v) is 23.2. The third kappa shape index (κ3) is 6.79. The van der Waals surface area contributed by atoms with Crippen LogP contribution in [0.4, 0.5) is 16.3 Å². The molecule has 0 saturated heterocycles. The molecule has 4 rings (SSSR count). The van der Waals surface area contributed by atoms with Crippen molar-refractivity contribution < 1.29 is 18.8 Å². The lowest BCUT2D eigenvalue weighted by molar-refractivity contribution is 0.0988. The Kier molecular flexibility index (Phi) is 8.19. The number of pyridine rings is 1. The van der Waals surface area contributed by atoms with Crippen LogP contribution < -0.4 is 15.0 Å². The molecule has 3 aromatic rings.